The molecule has 0 bridgehead atoms. The molecule has 3 atom stereocenters. The van der Waals surface area contributed by atoms with Gasteiger partial charge < -0.3 is 19.7 Å². The van der Waals surface area contributed by atoms with Gasteiger partial charge in [-0.05, 0) is 38.7 Å². The zero-order valence-electron chi connectivity index (χ0n) is 16.8. The van der Waals surface area contributed by atoms with E-state index >= 15 is 4.39 Å². The highest BCUT2D eigenvalue weighted by atomic mass is 19.1. The predicted molar refractivity (Wildman–Crippen MR) is 109 cm³/mol. The van der Waals surface area contributed by atoms with E-state index in [1.165, 1.54) is 12.3 Å². The third-order valence-corrected chi connectivity index (χ3v) is 6.53. The highest BCUT2D eigenvalue weighted by Crippen LogP contribution is 2.39. The van der Waals surface area contributed by atoms with Crippen molar-refractivity contribution in [3.63, 3.8) is 0 Å². The maximum atomic E-state index is 15.3. The van der Waals surface area contributed by atoms with Crippen molar-refractivity contribution in [1.82, 2.24) is 4.57 Å². The fraction of sp³-hybridized carbons (Fsp3) is 0.545. The Kier molecular flexibility index (Phi) is 5.11. The average molecular weight is 402 g/mol. The Hall–Kier alpha value is -2.41. The van der Waals surface area contributed by atoms with E-state index in [1.54, 1.807) is 0 Å². The zero-order valence-corrected chi connectivity index (χ0v) is 16.8. The first-order chi connectivity index (χ1) is 13.8. The SMILES string of the molecule is CCCC1CN(c2c(F)cc3c(=O)c(C(=O)O)cn4c3c2CC[C@@H]4C)CCC1O. The van der Waals surface area contributed by atoms with E-state index in [2.05, 4.69) is 6.92 Å². The number of anilines is 1. The number of aromatic carboxylic acids is 1. The highest BCUT2D eigenvalue weighted by molar-refractivity contribution is 5.95. The molecule has 7 heteroatoms. The van der Waals surface area contributed by atoms with Gasteiger partial charge in [0.15, 0.2) is 0 Å². The van der Waals surface area contributed by atoms with E-state index in [0.717, 1.165) is 24.8 Å². The smallest absolute Gasteiger partial charge is 0.341 e. The number of aliphatic hydroxyl groups is 1. The van der Waals surface area contributed by atoms with E-state index in [0.29, 0.717) is 37.1 Å². The van der Waals surface area contributed by atoms with Crippen molar-refractivity contribution in [1.29, 1.82) is 0 Å². The second-order valence-electron chi connectivity index (χ2n) is 8.40. The fourth-order valence-electron chi connectivity index (χ4n) is 5.01. The summed E-state index contributed by atoms with van der Waals surface area (Å²) >= 11 is 0. The number of hydrogen-bond donors (Lipinski definition) is 2. The van der Waals surface area contributed by atoms with Crippen molar-refractivity contribution in [2.45, 2.75) is 58.1 Å². The molecule has 2 unspecified atom stereocenters. The first-order valence-electron chi connectivity index (χ1n) is 10.4. The normalized spacial score (nSPS) is 24.1. The lowest BCUT2D eigenvalue weighted by atomic mass is 9.88. The van der Waals surface area contributed by atoms with E-state index < -0.39 is 17.2 Å². The Morgan fingerprint density at radius 3 is 2.79 bits per heavy atom. The van der Waals surface area contributed by atoms with Crippen LogP contribution in [-0.2, 0) is 6.42 Å². The van der Waals surface area contributed by atoms with Crippen LogP contribution in [0.5, 0.6) is 0 Å². The van der Waals surface area contributed by atoms with Crippen molar-refractivity contribution < 1.29 is 19.4 Å². The molecule has 0 aliphatic carbocycles. The van der Waals surface area contributed by atoms with Crippen LogP contribution in [0.1, 0.15) is 61.5 Å². The number of pyridine rings is 1. The van der Waals surface area contributed by atoms with E-state index in [1.807, 2.05) is 16.4 Å². The molecule has 2 aliphatic heterocycles. The fourth-order valence-corrected chi connectivity index (χ4v) is 5.01. The zero-order chi connectivity index (χ0) is 20.9. The summed E-state index contributed by atoms with van der Waals surface area (Å²) < 4.78 is 17.2. The standard InChI is InChI=1S/C22H27FN2O4/c1-3-4-13-10-24(8-7-18(13)26)20-14-6-5-12(2)25-11-16(22(28)29)21(27)15(19(14)25)9-17(20)23/h9,11-13,18,26H,3-8,10H2,1-2H3,(H,28,29)/t12-,13?,18?/m0/s1. The number of aromatic nitrogens is 1. The van der Waals surface area contributed by atoms with Crippen LogP contribution in [0, 0.1) is 11.7 Å². The molecule has 3 heterocycles. The summed E-state index contributed by atoms with van der Waals surface area (Å²) in [5.74, 6) is -1.69. The molecule has 6 nitrogen and oxygen atoms in total. The molecule has 0 saturated carbocycles. The first kappa shape index (κ1) is 19.9. The summed E-state index contributed by atoms with van der Waals surface area (Å²) in [7, 11) is 0. The second kappa shape index (κ2) is 7.44. The van der Waals surface area contributed by atoms with Gasteiger partial charge in [0.25, 0.3) is 0 Å². The largest absolute Gasteiger partial charge is 0.477 e. The number of halogens is 1. The monoisotopic (exact) mass is 402 g/mol. The molecular formula is C22H27FN2O4. The number of carbonyl (C=O) groups is 1. The molecule has 1 aromatic heterocycles. The van der Waals surface area contributed by atoms with Gasteiger partial charge in [0.2, 0.25) is 5.43 Å². The molecule has 4 rings (SSSR count). The molecular weight excluding hydrogens is 375 g/mol. The lowest BCUT2D eigenvalue weighted by molar-refractivity contribution is 0.0694. The minimum Gasteiger partial charge on any atom is -0.477 e. The maximum absolute atomic E-state index is 15.3. The lowest BCUT2D eigenvalue weighted by Crippen LogP contribution is -2.44. The van der Waals surface area contributed by atoms with Crippen LogP contribution in [-0.4, -0.2) is 39.9 Å². The van der Waals surface area contributed by atoms with Gasteiger partial charge in [-0.3, -0.25) is 4.79 Å². The number of aliphatic hydroxyl groups excluding tert-OH is 1. The third-order valence-electron chi connectivity index (χ3n) is 6.53. The van der Waals surface area contributed by atoms with Crippen LogP contribution < -0.4 is 10.3 Å². The quantitative estimate of drug-likeness (QED) is 0.820. The number of nitrogens with zero attached hydrogens (tertiary/aromatic N) is 2. The van der Waals surface area contributed by atoms with Crippen molar-refractivity contribution in [3.05, 3.63) is 39.4 Å². The van der Waals surface area contributed by atoms with Crippen molar-refractivity contribution in [3.8, 4) is 0 Å². The molecule has 1 fully saturated rings. The Balaban J connectivity index is 1.92. The first-order valence-corrected chi connectivity index (χ1v) is 10.4. The molecule has 0 spiro atoms. The van der Waals surface area contributed by atoms with Crippen LogP contribution in [0.25, 0.3) is 10.9 Å². The minimum atomic E-state index is -1.29. The van der Waals surface area contributed by atoms with Gasteiger partial charge in [-0.2, -0.15) is 0 Å². The second-order valence-corrected chi connectivity index (χ2v) is 8.40. The number of rotatable bonds is 4. The van der Waals surface area contributed by atoms with E-state index in [-0.39, 0.29) is 29.0 Å². The van der Waals surface area contributed by atoms with Crippen LogP contribution in [0.3, 0.4) is 0 Å². The van der Waals surface area contributed by atoms with Crippen molar-refractivity contribution >= 4 is 22.6 Å². The molecule has 2 N–H and O–H groups in total. The van der Waals surface area contributed by atoms with Gasteiger partial charge in [-0.15, -0.1) is 0 Å². The molecule has 2 aliphatic rings. The molecule has 1 aromatic carbocycles. The molecule has 2 aromatic rings. The maximum Gasteiger partial charge on any atom is 0.341 e. The number of carboxylic acids is 1. The van der Waals surface area contributed by atoms with Crippen molar-refractivity contribution in [2.75, 3.05) is 18.0 Å². The summed E-state index contributed by atoms with van der Waals surface area (Å²) in [5, 5.41) is 19.9. The van der Waals surface area contributed by atoms with Crippen LogP contribution in [0.15, 0.2) is 17.1 Å². The van der Waals surface area contributed by atoms with Crippen LogP contribution in [0.2, 0.25) is 0 Å². The van der Waals surface area contributed by atoms with Gasteiger partial charge in [0.1, 0.15) is 11.4 Å². The summed E-state index contributed by atoms with van der Waals surface area (Å²) in [6.45, 7) is 5.20. The number of carboxylic acid groups (broad SMARTS) is 1. The number of aryl methyl sites for hydroxylation is 1. The predicted octanol–water partition coefficient (Wildman–Crippen LogP) is 3.33. The number of hydrogen-bond acceptors (Lipinski definition) is 4. The molecule has 29 heavy (non-hydrogen) atoms. The van der Waals surface area contributed by atoms with E-state index in [9.17, 15) is 19.8 Å². The summed E-state index contributed by atoms with van der Waals surface area (Å²) in [4.78, 5) is 26.3. The van der Waals surface area contributed by atoms with Gasteiger partial charge in [0.05, 0.1) is 17.3 Å². The summed E-state index contributed by atoms with van der Waals surface area (Å²) in [6.07, 6.45) is 4.83. The topological polar surface area (TPSA) is 82.8 Å². The van der Waals surface area contributed by atoms with Gasteiger partial charge >= 0.3 is 5.97 Å². The van der Waals surface area contributed by atoms with Gasteiger partial charge in [0, 0.05) is 42.2 Å². The Bertz CT molecular complexity index is 1030. The lowest BCUT2D eigenvalue weighted by Gasteiger charge is -2.40. The Morgan fingerprint density at radius 2 is 2.10 bits per heavy atom. The van der Waals surface area contributed by atoms with Gasteiger partial charge in [-0.1, -0.05) is 13.3 Å². The van der Waals surface area contributed by atoms with Crippen molar-refractivity contribution in [2.24, 2.45) is 5.92 Å². The molecule has 0 amide bonds. The van der Waals surface area contributed by atoms with Gasteiger partial charge in [-0.25, -0.2) is 9.18 Å². The number of piperidine rings is 1. The van der Waals surface area contributed by atoms with E-state index in [4.69, 9.17) is 0 Å². The third kappa shape index (κ3) is 3.21. The molecule has 0 radical (unpaired) electrons. The average Bonchev–Trinajstić information content (AvgIpc) is 2.68. The van der Waals surface area contributed by atoms with Crippen LogP contribution in [0.4, 0.5) is 10.1 Å². The highest BCUT2D eigenvalue weighted by Gasteiger charge is 2.33. The summed E-state index contributed by atoms with van der Waals surface area (Å²) in [5.41, 5.74) is 0.969. The molecule has 156 valence electrons. The number of benzene rings is 1. The minimum absolute atomic E-state index is 0.0260. The van der Waals surface area contributed by atoms with Crippen LogP contribution >= 0.6 is 0 Å². The molecule has 1 saturated heterocycles. The Labute approximate surface area is 168 Å². The Morgan fingerprint density at radius 1 is 1.34 bits per heavy atom. The summed E-state index contributed by atoms with van der Waals surface area (Å²) in [6, 6.07) is 1.23.